The molecule has 0 N–H and O–H groups in total. The summed E-state index contributed by atoms with van der Waals surface area (Å²) in [4.78, 5) is 26.3. The molecule has 1 aromatic carbocycles. The van der Waals surface area contributed by atoms with Crippen molar-refractivity contribution < 1.29 is 19.1 Å². The summed E-state index contributed by atoms with van der Waals surface area (Å²) in [7, 11) is 1.36. The van der Waals surface area contributed by atoms with E-state index in [1.54, 1.807) is 17.0 Å². The Morgan fingerprint density at radius 2 is 1.92 bits per heavy atom. The Morgan fingerprint density at radius 1 is 1.23 bits per heavy atom. The molecule has 1 heterocycles. The normalized spacial score (nSPS) is 20.6. The van der Waals surface area contributed by atoms with Crippen LogP contribution in [0.3, 0.4) is 0 Å². The van der Waals surface area contributed by atoms with E-state index >= 15 is 0 Å². The lowest BCUT2D eigenvalue weighted by Crippen LogP contribution is -2.50. The lowest BCUT2D eigenvalue weighted by Gasteiger charge is -2.43. The average molecular weight is 402 g/mol. The molecule has 5 nitrogen and oxygen atoms in total. The number of esters is 1. The van der Waals surface area contributed by atoms with Gasteiger partial charge in [-0.25, -0.2) is 4.79 Å². The van der Waals surface area contributed by atoms with Crippen molar-refractivity contribution >= 4 is 35.3 Å². The highest BCUT2D eigenvalue weighted by molar-refractivity contribution is 6.42. The summed E-state index contributed by atoms with van der Waals surface area (Å²) in [6, 6.07) is 5.34. The molecule has 1 aliphatic heterocycles. The van der Waals surface area contributed by atoms with Gasteiger partial charge in [-0.1, -0.05) is 29.3 Å². The molecule has 2 rings (SSSR count). The van der Waals surface area contributed by atoms with Crippen molar-refractivity contribution in [2.75, 3.05) is 20.2 Å². The number of likely N-dealkylation sites (tertiary alicyclic amines) is 1. The Labute approximate surface area is 164 Å². The van der Waals surface area contributed by atoms with E-state index in [9.17, 15) is 9.59 Å². The number of halogens is 2. The number of ether oxygens (including phenoxy) is 2. The summed E-state index contributed by atoms with van der Waals surface area (Å²) in [6.07, 6.45) is 1.25. The fourth-order valence-corrected chi connectivity index (χ4v) is 3.57. The second-order valence-electron chi connectivity index (χ2n) is 7.67. The van der Waals surface area contributed by atoms with Crippen molar-refractivity contribution in [1.82, 2.24) is 4.90 Å². The highest BCUT2D eigenvalue weighted by atomic mass is 35.5. The molecule has 0 spiro atoms. The minimum Gasteiger partial charge on any atom is -0.469 e. The second kappa shape index (κ2) is 8.05. The molecule has 1 aromatic rings. The molecule has 1 aliphatic rings. The predicted molar refractivity (Wildman–Crippen MR) is 102 cm³/mol. The number of nitrogens with zero attached hydrogens (tertiary/aromatic N) is 1. The standard InChI is InChI=1S/C19H25Cl2NO4/c1-18(2,3)26-17(24)22-9-5-8-19(12-22,11-16(23)25-4)13-6-7-14(20)15(21)10-13/h6-7,10H,5,8-9,11-12H2,1-4H3. The van der Waals surface area contributed by atoms with E-state index in [0.29, 0.717) is 23.1 Å². The Hall–Kier alpha value is -1.46. The van der Waals surface area contributed by atoms with E-state index in [1.165, 1.54) is 7.11 Å². The van der Waals surface area contributed by atoms with Crippen LogP contribution in [0.15, 0.2) is 18.2 Å². The van der Waals surface area contributed by atoms with E-state index < -0.39 is 11.0 Å². The number of piperidine rings is 1. The van der Waals surface area contributed by atoms with E-state index in [-0.39, 0.29) is 18.5 Å². The molecule has 0 bridgehead atoms. The summed E-state index contributed by atoms with van der Waals surface area (Å²) >= 11 is 12.2. The summed E-state index contributed by atoms with van der Waals surface area (Å²) in [5.74, 6) is -0.331. The number of carbonyl (C=O) groups excluding carboxylic acids is 2. The maximum atomic E-state index is 12.5. The fourth-order valence-electron chi connectivity index (χ4n) is 3.27. The number of amides is 1. The maximum Gasteiger partial charge on any atom is 0.410 e. The quantitative estimate of drug-likeness (QED) is 0.680. The van der Waals surface area contributed by atoms with Crippen LogP contribution in [-0.4, -0.2) is 42.8 Å². The molecule has 1 atom stereocenters. The Balaban J connectivity index is 2.35. The predicted octanol–water partition coefficient (Wildman–Crippen LogP) is 4.83. The first kappa shape index (κ1) is 20.8. The lowest BCUT2D eigenvalue weighted by atomic mass is 9.71. The molecule has 0 aromatic heterocycles. The summed E-state index contributed by atoms with van der Waals surface area (Å²) in [6.45, 7) is 6.43. The van der Waals surface area contributed by atoms with Crippen LogP contribution < -0.4 is 0 Å². The van der Waals surface area contributed by atoms with Gasteiger partial charge in [-0.05, 0) is 51.3 Å². The summed E-state index contributed by atoms with van der Waals surface area (Å²) < 4.78 is 10.4. The topological polar surface area (TPSA) is 55.8 Å². The van der Waals surface area contributed by atoms with Gasteiger partial charge in [-0.2, -0.15) is 0 Å². The van der Waals surface area contributed by atoms with Crippen molar-refractivity contribution in [2.45, 2.75) is 51.0 Å². The van der Waals surface area contributed by atoms with Gasteiger partial charge in [0.1, 0.15) is 5.60 Å². The molecule has 144 valence electrons. The third-order valence-electron chi connectivity index (χ3n) is 4.47. The van der Waals surface area contributed by atoms with Crippen LogP contribution >= 0.6 is 23.2 Å². The molecule has 26 heavy (non-hydrogen) atoms. The van der Waals surface area contributed by atoms with Crippen molar-refractivity contribution in [3.63, 3.8) is 0 Å². The first-order chi connectivity index (χ1) is 12.1. The number of carbonyl (C=O) groups is 2. The van der Waals surface area contributed by atoms with Crippen LogP contribution in [0, 0.1) is 0 Å². The molecule has 0 aliphatic carbocycles. The SMILES string of the molecule is COC(=O)CC1(c2ccc(Cl)c(Cl)c2)CCCN(C(=O)OC(C)(C)C)C1. The molecular formula is C19H25Cl2NO4. The van der Waals surface area contributed by atoms with Crippen molar-refractivity contribution in [3.8, 4) is 0 Å². The molecule has 1 unspecified atom stereocenters. The molecular weight excluding hydrogens is 377 g/mol. The van der Waals surface area contributed by atoms with Gasteiger partial charge < -0.3 is 14.4 Å². The number of hydrogen-bond donors (Lipinski definition) is 0. The van der Waals surface area contributed by atoms with Crippen LogP contribution in [0.5, 0.6) is 0 Å². The summed E-state index contributed by atoms with van der Waals surface area (Å²) in [5.41, 5.74) is -0.301. The minimum atomic E-state index is -0.587. The van der Waals surface area contributed by atoms with Crippen LogP contribution in [0.4, 0.5) is 4.79 Å². The average Bonchev–Trinajstić information content (AvgIpc) is 2.55. The van der Waals surface area contributed by atoms with E-state index in [1.807, 2.05) is 26.8 Å². The molecule has 7 heteroatoms. The number of benzene rings is 1. The van der Waals surface area contributed by atoms with Gasteiger partial charge in [-0.15, -0.1) is 0 Å². The van der Waals surface area contributed by atoms with Gasteiger partial charge in [0.15, 0.2) is 0 Å². The zero-order valence-corrected chi connectivity index (χ0v) is 17.1. The Bertz CT molecular complexity index is 687. The van der Waals surface area contributed by atoms with Crippen LogP contribution in [0.2, 0.25) is 10.0 Å². The van der Waals surface area contributed by atoms with Crippen molar-refractivity contribution in [2.24, 2.45) is 0 Å². The Kier molecular flexibility index (Phi) is 6.46. The van der Waals surface area contributed by atoms with Gasteiger partial charge in [0.2, 0.25) is 0 Å². The number of rotatable bonds is 3. The van der Waals surface area contributed by atoms with Crippen molar-refractivity contribution in [3.05, 3.63) is 33.8 Å². The van der Waals surface area contributed by atoms with Crippen LogP contribution in [-0.2, 0) is 19.7 Å². The van der Waals surface area contributed by atoms with Gasteiger partial charge in [0, 0.05) is 18.5 Å². The summed E-state index contributed by atoms with van der Waals surface area (Å²) in [5, 5.41) is 0.867. The van der Waals surface area contributed by atoms with Crippen molar-refractivity contribution in [1.29, 1.82) is 0 Å². The molecule has 0 saturated carbocycles. The monoisotopic (exact) mass is 401 g/mol. The maximum absolute atomic E-state index is 12.5. The van der Waals surface area contributed by atoms with Crippen LogP contribution in [0.25, 0.3) is 0 Å². The third kappa shape index (κ3) is 5.04. The van der Waals surface area contributed by atoms with Gasteiger partial charge in [0.05, 0.1) is 23.6 Å². The highest BCUT2D eigenvalue weighted by Gasteiger charge is 2.42. The molecule has 1 fully saturated rings. The number of hydrogen-bond acceptors (Lipinski definition) is 4. The smallest absolute Gasteiger partial charge is 0.410 e. The Morgan fingerprint density at radius 3 is 2.50 bits per heavy atom. The van der Waals surface area contributed by atoms with Gasteiger partial charge >= 0.3 is 12.1 Å². The number of methoxy groups -OCH3 is 1. The minimum absolute atomic E-state index is 0.154. The third-order valence-corrected chi connectivity index (χ3v) is 5.21. The van der Waals surface area contributed by atoms with Crippen LogP contribution in [0.1, 0.15) is 45.6 Å². The van der Waals surface area contributed by atoms with Gasteiger partial charge in [-0.3, -0.25) is 4.79 Å². The van der Waals surface area contributed by atoms with Gasteiger partial charge in [0.25, 0.3) is 0 Å². The largest absolute Gasteiger partial charge is 0.469 e. The zero-order chi connectivity index (χ0) is 19.5. The second-order valence-corrected chi connectivity index (χ2v) is 8.48. The zero-order valence-electron chi connectivity index (χ0n) is 15.6. The molecule has 0 radical (unpaired) electrons. The lowest BCUT2D eigenvalue weighted by molar-refractivity contribution is -0.142. The first-order valence-electron chi connectivity index (χ1n) is 8.57. The highest BCUT2D eigenvalue weighted by Crippen LogP contribution is 2.40. The first-order valence-corrected chi connectivity index (χ1v) is 9.32. The fraction of sp³-hybridized carbons (Fsp3) is 0.579. The molecule has 1 saturated heterocycles. The van der Waals surface area contributed by atoms with E-state index in [4.69, 9.17) is 32.7 Å². The molecule has 1 amide bonds. The van der Waals surface area contributed by atoms with E-state index in [2.05, 4.69) is 0 Å². The van der Waals surface area contributed by atoms with E-state index in [0.717, 1.165) is 18.4 Å².